The molecule has 1 unspecified atom stereocenters. The van der Waals surface area contributed by atoms with E-state index in [4.69, 9.17) is 4.74 Å². The highest BCUT2D eigenvalue weighted by atomic mass is 32.2. The molecule has 0 aliphatic heterocycles. The number of methoxy groups -OCH3 is 1. The Labute approximate surface area is 184 Å². The average Bonchev–Trinajstić information content (AvgIpc) is 3.66. The largest absolute Gasteiger partial charge is 0.465 e. The van der Waals surface area contributed by atoms with Crippen LogP contribution < -0.4 is 5.32 Å². The maximum Gasteiger partial charge on any atom is 0.341 e. The predicted molar refractivity (Wildman–Crippen MR) is 116 cm³/mol. The number of thiophene rings is 1. The number of anilines is 1. The molecule has 2 saturated carbocycles. The summed E-state index contributed by atoms with van der Waals surface area (Å²) in [5.74, 6) is 1.98. The maximum atomic E-state index is 12.7. The van der Waals surface area contributed by atoms with Crippen molar-refractivity contribution in [2.24, 2.45) is 5.92 Å². The van der Waals surface area contributed by atoms with Crippen molar-refractivity contribution in [3.05, 3.63) is 21.8 Å². The van der Waals surface area contributed by atoms with E-state index < -0.39 is 0 Å². The topological polar surface area (TPSA) is 86.1 Å². The number of aromatic nitrogens is 3. The van der Waals surface area contributed by atoms with Crippen molar-refractivity contribution in [3.63, 3.8) is 0 Å². The Kier molecular flexibility index (Phi) is 5.35. The molecule has 2 aromatic rings. The molecule has 30 heavy (non-hydrogen) atoms. The summed E-state index contributed by atoms with van der Waals surface area (Å²) < 4.78 is 7.26. The molecule has 0 aromatic carbocycles. The Bertz CT molecular complexity index is 991. The molecule has 9 heteroatoms. The minimum Gasteiger partial charge on any atom is -0.465 e. The Hall–Kier alpha value is -1.87. The van der Waals surface area contributed by atoms with E-state index in [0.717, 1.165) is 35.8 Å². The molecule has 7 nitrogen and oxygen atoms in total. The van der Waals surface area contributed by atoms with Gasteiger partial charge in [0, 0.05) is 16.8 Å². The van der Waals surface area contributed by atoms with Gasteiger partial charge in [0.25, 0.3) is 0 Å². The number of carbonyl (C=O) groups is 2. The zero-order valence-corrected chi connectivity index (χ0v) is 18.9. The van der Waals surface area contributed by atoms with Crippen LogP contribution in [-0.4, -0.2) is 39.5 Å². The number of thioether (sulfide) groups is 1. The van der Waals surface area contributed by atoms with Gasteiger partial charge in [0.15, 0.2) is 5.16 Å². The van der Waals surface area contributed by atoms with Gasteiger partial charge < -0.3 is 14.6 Å². The van der Waals surface area contributed by atoms with Crippen molar-refractivity contribution in [2.45, 2.75) is 69.0 Å². The monoisotopic (exact) mass is 446 g/mol. The highest BCUT2D eigenvalue weighted by Gasteiger charge is 2.36. The van der Waals surface area contributed by atoms with Crippen LogP contribution in [0.25, 0.3) is 0 Å². The summed E-state index contributed by atoms with van der Waals surface area (Å²) >= 11 is 2.95. The van der Waals surface area contributed by atoms with E-state index in [1.807, 2.05) is 0 Å². The number of hydrogen-bond donors (Lipinski definition) is 1. The van der Waals surface area contributed by atoms with Crippen LogP contribution in [0.1, 0.15) is 77.6 Å². The third kappa shape index (κ3) is 3.89. The summed E-state index contributed by atoms with van der Waals surface area (Å²) in [6, 6.07) is 0.498. The summed E-state index contributed by atoms with van der Waals surface area (Å²) in [5.41, 5.74) is 1.59. The molecule has 1 N–H and O–H groups in total. The molecule has 3 aliphatic carbocycles. The maximum absolute atomic E-state index is 12.7. The van der Waals surface area contributed by atoms with Crippen molar-refractivity contribution in [3.8, 4) is 0 Å². The lowest BCUT2D eigenvalue weighted by Gasteiger charge is -2.18. The second-order valence-corrected chi connectivity index (χ2v) is 10.6. The van der Waals surface area contributed by atoms with Crippen molar-refractivity contribution in [1.82, 2.24) is 14.8 Å². The quantitative estimate of drug-likeness (QED) is 0.507. The number of nitrogens with one attached hydrogen (secondary N) is 1. The molecule has 2 fully saturated rings. The molecule has 2 heterocycles. The average molecular weight is 447 g/mol. The number of esters is 1. The molecular weight excluding hydrogens is 420 g/mol. The first-order valence-corrected chi connectivity index (χ1v) is 12.5. The molecule has 1 amide bonds. The first-order valence-electron chi connectivity index (χ1n) is 10.7. The molecule has 160 valence electrons. The minimum atomic E-state index is -0.368. The number of rotatable bonds is 7. The van der Waals surface area contributed by atoms with Gasteiger partial charge in [-0.05, 0) is 56.4 Å². The molecule has 5 rings (SSSR count). The molecule has 1 atom stereocenters. The second-order valence-electron chi connectivity index (χ2n) is 8.60. The van der Waals surface area contributed by atoms with Gasteiger partial charge in [-0.25, -0.2) is 4.79 Å². The van der Waals surface area contributed by atoms with Gasteiger partial charge in [-0.3, -0.25) is 4.79 Å². The van der Waals surface area contributed by atoms with E-state index in [-0.39, 0.29) is 17.6 Å². The van der Waals surface area contributed by atoms with Crippen LogP contribution in [0.2, 0.25) is 0 Å². The molecule has 3 aliphatic rings. The number of hydrogen-bond acceptors (Lipinski definition) is 7. The Morgan fingerprint density at radius 1 is 1.23 bits per heavy atom. The summed E-state index contributed by atoms with van der Waals surface area (Å²) in [6.07, 6.45) is 7.57. The van der Waals surface area contributed by atoms with Gasteiger partial charge in [0.05, 0.1) is 18.4 Å². The fourth-order valence-electron chi connectivity index (χ4n) is 4.13. The Morgan fingerprint density at radius 3 is 2.73 bits per heavy atom. The number of fused-ring (bicyclic) bond motifs is 1. The zero-order valence-electron chi connectivity index (χ0n) is 17.3. The van der Waals surface area contributed by atoms with E-state index in [1.165, 1.54) is 60.8 Å². The lowest BCUT2D eigenvalue weighted by atomic mass is 9.88. The number of carbonyl (C=O) groups excluding carboxylic acids is 2. The third-order valence-electron chi connectivity index (χ3n) is 6.03. The lowest BCUT2D eigenvalue weighted by molar-refractivity contribution is -0.113. The van der Waals surface area contributed by atoms with Crippen molar-refractivity contribution >= 4 is 40.0 Å². The van der Waals surface area contributed by atoms with Gasteiger partial charge in [0.2, 0.25) is 5.91 Å². The van der Waals surface area contributed by atoms with E-state index in [2.05, 4.69) is 27.0 Å². The van der Waals surface area contributed by atoms with Crippen LogP contribution in [0, 0.1) is 5.92 Å². The zero-order chi connectivity index (χ0) is 20.8. The van der Waals surface area contributed by atoms with Crippen molar-refractivity contribution in [1.29, 1.82) is 0 Å². The summed E-state index contributed by atoms with van der Waals surface area (Å²) in [4.78, 5) is 26.4. The van der Waals surface area contributed by atoms with Gasteiger partial charge >= 0.3 is 5.97 Å². The highest BCUT2D eigenvalue weighted by molar-refractivity contribution is 7.99. The molecule has 0 spiro atoms. The first-order chi connectivity index (χ1) is 14.5. The van der Waals surface area contributed by atoms with E-state index >= 15 is 0 Å². The van der Waals surface area contributed by atoms with E-state index in [9.17, 15) is 9.59 Å². The van der Waals surface area contributed by atoms with Crippen molar-refractivity contribution in [2.75, 3.05) is 18.2 Å². The van der Waals surface area contributed by atoms with Crippen LogP contribution in [0.5, 0.6) is 0 Å². The molecular formula is C21H26N4O3S2. The molecule has 2 aromatic heterocycles. The molecule has 0 saturated heterocycles. The molecule has 0 radical (unpaired) electrons. The Morgan fingerprint density at radius 2 is 2.03 bits per heavy atom. The summed E-state index contributed by atoms with van der Waals surface area (Å²) in [5, 5.41) is 13.2. The fourth-order valence-corrected chi connectivity index (χ4v) is 6.36. The van der Waals surface area contributed by atoms with Gasteiger partial charge in [-0.2, -0.15) is 0 Å². The first kappa shape index (κ1) is 20.1. The fraction of sp³-hybridized carbons (Fsp3) is 0.619. The standard InChI is InChI=1S/C21H26N4O3S2/c1-11-3-8-14-15(9-11)30-19(17(14)20(27)28-2)22-16(26)10-29-21-24-23-18(12-4-5-12)25(21)13-6-7-13/h11-13H,3-10H2,1-2H3,(H,22,26). The van der Waals surface area contributed by atoms with Gasteiger partial charge in [0.1, 0.15) is 10.8 Å². The number of ether oxygens (including phenoxy) is 1. The van der Waals surface area contributed by atoms with Crippen LogP contribution in [-0.2, 0) is 22.4 Å². The van der Waals surface area contributed by atoms with E-state index in [1.54, 1.807) is 0 Å². The summed E-state index contributed by atoms with van der Waals surface area (Å²) in [6.45, 7) is 2.22. The van der Waals surface area contributed by atoms with Crippen molar-refractivity contribution < 1.29 is 14.3 Å². The van der Waals surface area contributed by atoms with E-state index in [0.29, 0.717) is 28.4 Å². The SMILES string of the molecule is COC(=O)c1c(NC(=O)CSc2nnc(C3CC3)n2C2CC2)sc2c1CCC(C)C2. The number of amides is 1. The normalized spacial score (nSPS) is 20.7. The Balaban J connectivity index is 1.30. The second kappa shape index (κ2) is 8.00. The van der Waals surface area contributed by atoms with Gasteiger partial charge in [-0.15, -0.1) is 21.5 Å². The minimum absolute atomic E-state index is 0.130. The van der Waals surface area contributed by atoms with Crippen LogP contribution >= 0.6 is 23.1 Å². The smallest absolute Gasteiger partial charge is 0.341 e. The van der Waals surface area contributed by atoms with Crippen LogP contribution in [0.4, 0.5) is 5.00 Å². The van der Waals surface area contributed by atoms with Crippen LogP contribution in [0.3, 0.4) is 0 Å². The summed E-state index contributed by atoms with van der Waals surface area (Å²) in [7, 11) is 1.39. The molecule has 0 bridgehead atoms. The van der Waals surface area contributed by atoms with Crippen LogP contribution in [0.15, 0.2) is 5.16 Å². The number of nitrogens with zero attached hydrogens (tertiary/aromatic N) is 3. The third-order valence-corrected chi connectivity index (χ3v) is 8.14. The lowest BCUT2D eigenvalue weighted by Crippen LogP contribution is -2.17. The predicted octanol–water partition coefficient (Wildman–Crippen LogP) is 4.19. The highest BCUT2D eigenvalue weighted by Crippen LogP contribution is 2.46. The van der Waals surface area contributed by atoms with Gasteiger partial charge in [-0.1, -0.05) is 18.7 Å².